The number of benzene rings is 1. The molecule has 0 unspecified atom stereocenters. The molecule has 1 aliphatic heterocycles. The molecule has 5 nitrogen and oxygen atoms in total. The Labute approximate surface area is 172 Å². The van der Waals surface area contributed by atoms with Gasteiger partial charge in [-0.25, -0.2) is 13.1 Å². The highest BCUT2D eigenvalue weighted by atomic mass is 32.2. The molecule has 1 aromatic rings. The topological polar surface area (TPSA) is 66.5 Å². The van der Waals surface area contributed by atoms with E-state index in [1.807, 2.05) is 11.2 Å². The molecule has 1 saturated heterocycles. The van der Waals surface area contributed by atoms with Crippen LogP contribution in [0.2, 0.25) is 0 Å². The van der Waals surface area contributed by atoms with Gasteiger partial charge in [0.2, 0.25) is 10.0 Å². The number of carbonyl (C=O) groups excluding carboxylic acids is 1. The third kappa shape index (κ3) is 3.98. The second kappa shape index (κ2) is 8.00. The summed E-state index contributed by atoms with van der Waals surface area (Å²) in [6, 6.07) is 5.05. The van der Waals surface area contributed by atoms with Gasteiger partial charge >= 0.3 is 0 Å². The number of thioether (sulfide) groups is 1. The van der Waals surface area contributed by atoms with Crippen molar-refractivity contribution in [3.8, 4) is 0 Å². The maximum Gasteiger partial charge on any atom is 0.255 e. The van der Waals surface area contributed by atoms with Crippen molar-refractivity contribution in [2.24, 2.45) is 17.8 Å². The number of rotatable bonds is 5. The fraction of sp³-hybridized carbons (Fsp3) is 0.667. The zero-order chi connectivity index (χ0) is 19.9. The van der Waals surface area contributed by atoms with Gasteiger partial charge in [-0.2, -0.15) is 0 Å². The summed E-state index contributed by atoms with van der Waals surface area (Å²) in [5.41, 5.74) is 0.512. The molecule has 1 heterocycles. The van der Waals surface area contributed by atoms with E-state index in [9.17, 15) is 13.2 Å². The highest BCUT2D eigenvalue weighted by Crippen LogP contribution is 2.44. The molecule has 1 amide bonds. The number of piperidine rings is 1. The van der Waals surface area contributed by atoms with Crippen LogP contribution < -0.4 is 4.72 Å². The van der Waals surface area contributed by atoms with Crippen molar-refractivity contribution in [1.29, 1.82) is 0 Å². The van der Waals surface area contributed by atoms with E-state index in [0.29, 0.717) is 23.3 Å². The Morgan fingerprint density at radius 2 is 1.89 bits per heavy atom. The number of fused-ring (bicyclic) bond motifs is 2. The molecule has 0 aromatic heterocycles. The lowest BCUT2D eigenvalue weighted by atomic mass is 9.96. The fourth-order valence-corrected chi connectivity index (χ4v) is 6.97. The molecule has 3 atom stereocenters. The summed E-state index contributed by atoms with van der Waals surface area (Å²) in [7, 11) is -3.62. The molecule has 2 bridgehead atoms. The lowest BCUT2D eigenvalue weighted by Gasteiger charge is -2.31. The number of amides is 1. The summed E-state index contributed by atoms with van der Waals surface area (Å²) in [5, 5.41) is 0. The van der Waals surface area contributed by atoms with E-state index in [1.165, 1.54) is 18.2 Å². The van der Waals surface area contributed by atoms with Gasteiger partial charge in [0.15, 0.2) is 0 Å². The molecule has 154 valence electrons. The fourth-order valence-electron chi connectivity index (χ4n) is 5.06. The zero-order valence-electron chi connectivity index (χ0n) is 16.7. The van der Waals surface area contributed by atoms with Gasteiger partial charge in [0.1, 0.15) is 0 Å². The molecule has 3 aliphatic rings. The van der Waals surface area contributed by atoms with Gasteiger partial charge in [-0.3, -0.25) is 4.79 Å². The van der Waals surface area contributed by atoms with Gasteiger partial charge in [0.05, 0.1) is 10.5 Å². The van der Waals surface area contributed by atoms with E-state index < -0.39 is 10.0 Å². The minimum Gasteiger partial charge on any atom is -0.339 e. The normalized spacial score (nSPS) is 28.1. The molecule has 4 rings (SSSR count). The number of nitrogens with zero attached hydrogens (tertiary/aromatic N) is 1. The first-order valence-electron chi connectivity index (χ1n) is 10.4. The van der Waals surface area contributed by atoms with E-state index in [2.05, 4.69) is 11.6 Å². The lowest BCUT2D eigenvalue weighted by molar-refractivity contribution is 0.0693. The largest absolute Gasteiger partial charge is 0.339 e. The maximum absolute atomic E-state index is 13.1. The number of nitrogens with one attached hydrogen (secondary N) is 1. The molecule has 1 N–H and O–H groups in total. The van der Waals surface area contributed by atoms with Crippen LogP contribution in [0.15, 0.2) is 28.0 Å². The molecular weight excluding hydrogens is 392 g/mol. The van der Waals surface area contributed by atoms with E-state index in [4.69, 9.17) is 0 Å². The lowest BCUT2D eigenvalue weighted by Crippen LogP contribution is -2.39. The third-order valence-electron chi connectivity index (χ3n) is 6.83. The smallest absolute Gasteiger partial charge is 0.255 e. The Morgan fingerprint density at radius 1 is 1.14 bits per heavy atom. The molecule has 0 spiro atoms. The summed E-state index contributed by atoms with van der Waals surface area (Å²) in [6.45, 7) is 3.70. The predicted octanol–water partition coefficient (Wildman–Crippen LogP) is 3.75. The Kier molecular flexibility index (Phi) is 5.78. The van der Waals surface area contributed by atoms with Crippen molar-refractivity contribution in [1.82, 2.24) is 9.62 Å². The molecule has 3 fully saturated rings. The van der Waals surface area contributed by atoms with Crippen molar-refractivity contribution < 1.29 is 13.2 Å². The van der Waals surface area contributed by atoms with Crippen molar-refractivity contribution in [2.75, 3.05) is 19.3 Å². The van der Waals surface area contributed by atoms with Crippen molar-refractivity contribution >= 4 is 27.7 Å². The molecule has 2 aliphatic carbocycles. The molecule has 7 heteroatoms. The molecule has 28 heavy (non-hydrogen) atoms. The maximum atomic E-state index is 13.1. The Morgan fingerprint density at radius 3 is 2.50 bits per heavy atom. The molecule has 1 aromatic carbocycles. The highest BCUT2D eigenvalue weighted by Gasteiger charge is 2.41. The standard InChI is InChI=1S/C21H30N2O3S2/c1-14-7-9-23(10-8-14)21(24)18-13-17(5-6-20(18)27-2)28(25,26)22-19-12-15-3-4-16(19)11-15/h5-6,13-16,19,22H,3-4,7-12H2,1-2H3/t15-,16-,19-/m0/s1. The van der Waals surface area contributed by atoms with Gasteiger partial charge in [0, 0.05) is 24.0 Å². The van der Waals surface area contributed by atoms with Crippen LogP contribution in [-0.4, -0.2) is 44.6 Å². The molecular formula is C21H30N2O3S2. The van der Waals surface area contributed by atoms with E-state index in [0.717, 1.165) is 50.1 Å². The van der Waals surface area contributed by atoms with Gasteiger partial charge < -0.3 is 4.90 Å². The van der Waals surface area contributed by atoms with Crippen LogP contribution in [0.1, 0.15) is 55.8 Å². The summed E-state index contributed by atoms with van der Waals surface area (Å²) >= 11 is 1.49. The minimum absolute atomic E-state index is 0.0479. The summed E-state index contributed by atoms with van der Waals surface area (Å²) < 4.78 is 29.0. The first kappa shape index (κ1) is 20.2. The molecule has 0 radical (unpaired) electrons. The van der Waals surface area contributed by atoms with Crippen LogP contribution in [-0.2, 0) is 10.0 Å². The van der Waals surface area contributed by atoms with Crippen LogP contribution in [0, 0.1) is 17.8 Å². The van der Waals surface area contributed by atoms with Crippen LogP contribution in [0.25, 0.3) is 0 Å². The predicted molar refractivity (Wildman–Crippen MR) is 112 cm³/mol. The second-order valence-corrected chi connectivity index (χ2v) is 11.3. The third-order valence-corrected chi connectivity index (χ3v) is 9.11. The second-order valence-electron chi connectivity index (χ2n) is 8.74. The summed E-state index contributed by atoms with van der Waals surface area (Å²) in [6.07, 6.45) is 8.39. The highest BCUT2D eigenvalue weighted by molar-refractivity contribution is 7.98. The van der Waals surface area contributed by atoms with Gasteiger partial charge in [-0.15, -0.1) is 11.8 Å². The Bertz CT molecular complexity index is 847. The number of carbonyl (C=O) groups is 1. The van der Waals surface area contributed by atoms with Crippen LogP contribution >= 0.6 is 11.8 Å². The van der Waals surface area contributed by atoms with Gasteiger partial charge in [-0.1, -0.05) is 13.3 Å². The van der Waals surface area contributed by atoms with E-state index in [-0.39, 0.29) is 16.8 Å². The van der Waals surface area contributed by atoms with Gasteiger partial charge in [0.25, 0.3) is 5.91 Å². The van der Waals surface area contributed by atoms with Crippen molar-refractivity contribution in [3.05, 3.63) is 23.8 Å². The van der Waals surface area contributed by atoms with Gasteiger partial charge in [-0.05, 0) is 74.3 Å². The van der Waals surface area contributed by atoms with Crippen LogP contribution in [0.3, 0.4) is 0 Å². The SMILES string of the molecule is CSc1ccc(S(=O)(=O)N[C@H]2C[C@H]3CC[C@H]2C3)cc1C(=O)N1CCC(C)CC1. The number of sulfonamides is 1. The van der Waals surface area contributed by atoms with E-state index >= 15 is 0 Å². The zero-order valence-corrected chi connectivity index (χ0v) is 18.3. The van der Waals surface area contributed by atoms with E-state index in [1.54, 1.807) is 18.2 Å². The monoisotopic (exact) mass is 422 g/mol. The minimum atomic E-state index is -3.62. The quantitative estimate of drug-likeness (QED) is 0.734. The Balaban J connectivity index is 1.56. The average molecular weight is 423 g/mol. The molecule has 2 saturated carbocycles. The number of likely N-dealkylation sites (tertiary alicyclic amines) is 1. The Hall–Kier alpha value is -1.05. The summed E-state index contributed by atoms with van der Waals surface area (Å²) in [4.78, 5) is 16.0. The van der Waals surface area contributed by atoms with Crippen LogP contribution in [0.5, 0.6) is 0 Å². The summed E-state index contributed by atoms with van der Waals surface area (Å²) in [5.74, 6) is 1.74. The average Bonchev–Trinajstić information content (AvgIpc) is 3.30. The van der Waals surface area contributed by atoms with Crippen LogP contribution in [0.4, 0.5) is 0 Å². The first-order valence-corrected chi connectivity index (χ1v) is 13.1. The number of hydrogen-bond donors (Lipinski definition) is 1. The van der Waals surface area contributed by atoms with Crippen molar-refractivity contribution in [3.63, 3.8) is 0 Å². The first-order chi connectivity index (χ1) is 13.4. The number of hydrogen-bond acceptors (Lipinski definition) is 4. The van der Waals surface area contributed by atoms with Crippen molar-refractivity contribution in [2.45, 2.75) is 61.3 Å².